The first-order chi connectivity index (χ1) is 10.1. The Hall–Kier alpha value is -2.55. The third-order valence-corrected chi connectivity index (χ3v) is 3.96. The average molecular weight is 279 g/mol. The first-order valence-electron chi connectivity index (χ1n) is 6.93. The van der Waals surface area contributed by atoms with Crippen molar-refractivity contribution < 1.29 is 9.90 Å². The summed E-state index contributed by atoms with van der Waals surface area (Å²) >= 11 is 0. The Labute approximate surface area is 123 Å². The summed E-state index contributed by atoms with van der Waals surface area (Å²) in [6.07, 6.45) is 2.09. The molecule has 3 rings (SSSR count). The lowest BCUT2D eigenvalue weighted by Crippen LogP contribution is -2.03. The van der Waals surface area contributed by atoms with Gasteiger partial charge in [0.1, 0.15) is 0 Å². The van der Waals surface area contributed by atoms with Crippen molar-refractivity contribution in [3.63, 3.8) is 0 Å². The number of hydrogen-bond acceptors (Lipinski definition) is 1. The molecule has 0 aliphatic rings. The highest BCUT2D eigenvalue weighted by atomic mass is 16.4. The predicted octanol–water partition coefficient (Wildman–Crippen LogP) is 4.00. The van der Waals surface area contributed by atoms with Gasteiger partial charge < -0.3 is 9.67 Å². The summed E-state index contributed by atoms with van der Waals surface area (Å²) < 4.78 is 2.20. The Morgan fingerprint density at radius 3 is 2.62 bits per heavy atom. The van der Waals surface area contributed by atoms with Crippen molar-refractivity contribution in [3.8, 4) is 0 Å². The maximum Gasteiger partial charge on any atom is 0.335 e. The Morgan fingerprint density at radius 2 is 1.90 bits per heavy atom. The lowest BCUT2D eigenvalue weighted by Gasteiger charge is -2.10. The zero-order valence-corrected chi connectivity index (χ0v) is 12.1. The molecule has 0 radical (unpaired) electrons. The van der Waals surface area contributed by atoms with E-state index in [2.05, 4.69) is 42.0 Å². The number of benzene rings is 2. The molecule has 0 aliphatic heterocycles. The van der Waals surface area contributed by atoms with E-state index in [1.165, 1.54) is 16.5 Å². The molecule has 3 heteroatoms. The Balaban J connectivity index is 1.99. The van der Waals surface area contributed by atoms with Crippen LogP contribution in [0.5, 0.6) is 0 Å². The molecule has 1 heterocycles. The maximum atomic E-state index is 11.0. The van der Waals surface area contributed by atoms with Crippen molar-refractivity contribution >= 4 is 16.9 Å². The van der Waals surface area contributed by atoms with Gasteiger partial charge in [0.2, 0.25) is 0 Å². The number of carbonyl (C=O) groups is 1. The van der Waals surface area contributed by atoms with Crippen LogP contribution in [0.15, 0.2) is 48.7 Å². The summed E-state index contributed by atoms with van der Waals surface area (Å²) in [5.41, 5.74) is 4.95. The lowest BCUT2D eigenvalue weighted by atomic mass is 10.0. The van der Waals surface area contributed by atoms with Gasteiger partial charge in [0.25, 0.3) is 0 Å². The summed E-state index contributed by atoms with van der Waals surface area (Å²) in [5.74, 6) is -0.883. The van der Waals surface area contributed by atoms with Crippen LogP contribution in [0, 0.1) is 13.8 Å². The average Bonchev–Trinajstić information content (AvgIpc) is 2.85. The molecule has 1 N–H and O–H groups in total. The number of aryl methyl sites for hydroxylation is 2. The number of carboxylic acids is 1. The lowest BCUT2D eigenvalue weighted by molar-refractivity contribution is 0.0697. The van der Waals surface area contributed by atoms with Crippen molar-refractivity contribution in [3.05, 3.63) is 70.9 Å². The molecule has 0 aliphatic carbocycles. The molecular formula is C18H17NO2. The summed E-state index contributed by atoms with van der Waals surface area (Å²) in [4.78, 5) is 11.0. The van der Waals surface area contributed by atoms with Gasteiger partial charge >= 0.3 is 5.97 Å². The van der Waals surface area contributed by atoms with Gasteiger partial charge in [-0.2, -0.15) is 0 Å². The highest BCUT2D eigenvalue weighted by Crippen LogP contribution is 2.21. The molecule has 0 unspecified atom stereocenters. The van der Waals surface area contributed by atoms with Crippen LogP contribution in [0.4, 0.5) is 0 Å². The third-order valence-electron chi connectivity index (χ3n) is 3.96. The van der Waals surface area contributed by atoms with Gasteiger partial charge in [-0.1, -0.05) is 18.2 Å². The Bertz CT molecular complexity index is 830. The molecule has 0 saturated carbocycles. The smallest absolute Gasteiger partial charge is 0.335 e. The number of carboxylic acid groups (broad SMARTS) is 1. The van der Waals surface area contributed by atoms with Gasteiger partial charge in [0, 0.05) is 23.6 Å². The number of aromatic carboxylic acids is 1. The molecule has 3 aromatic rings. The molecule has 0 spiro atoms. The minimum absolute atomic E-state index is 0.337. The molecule has 0 bridgehead atoms. The largest absolute Gasteiger partial charge is 0.478 e. The summed E-state index contributed by atoms with van der Waals surface area (Å²) in [5, 5.41) is 10.3. The maximum absolute atomic E-state index is 11.0. The second-order valence-electron chi connectivity index (χ2n) is 5.40. The monoisotopic (exact) mass is 279 g/mol. The number of fused-ring (bicyclic) bond motifs is 1. The quantitative estimate of drug-likeness (QED) is 0.787. The molecule has 1 aromatic heterocycles. The summed E-state index contributed by atoms with van der Waals surface area (Å²) in [6, 6.07) is 13.7. The van der Waals surface area contributed by atoms with E-state index < -0.39 is 5.97 Å². The van der Waals surface area contributed by atoms with Crippen LogP contribution in [-0.4, -0.2) is 15.6 Å². The first kappa shape index (κ1) is 13.4. The van der Waals surface area contributed by atoms with Crippen molar-refractivity contribution in [1.82, 2.24) is 4.57 Å². The van der Waals surface area contributed by atoms with Crippen molar-refractivity contribution in [2.45, 2.75) is 20.4 Å². The molecule has 0 fully saturated rings. The van der Waals surface area contributed by atoms with Crippen molar-refractivity contribution in [2.24, 2.45) is 0 Å². The van der Waals surface area contributed by atoms with Crippen LogP contribution in [0.25, 0.3) is 10.9 Å². The normalized spacial score (nSPS) is 11.0. The van der Waals surface area contributed by atoms with E-state index in [9.17, 15) is 4.79 Å². The Kier molecular flexibility index (Phi) is 3.26. The molecule has 3 nitrogen and oxygen atoms in total. The van der Waals surface area contributed by atoms with Gasteiger partial charge in [-0.3, -0.25) is 0 Å². The molecular weight excluding hydrogens is 262 g/mol. The highest BCUT2D eigenvalue weighted by Gasteiger charge is 2.08. The molecule has 0 saturated heterocycles. The molecule has 21 heavy (non-hydrogen) atoms. The van der Waals surface area contributed by atoms with Gasteiger partial charge in [-0.15, -0.1) is 0 Å². The fourth-order valence-electron chi connectivity index (χ4n) is 2.70. The standard InChI is InChI=1S/C18H17NO2/c1-12-4-3-5-17-16(12)8-9-19(17)11-15-7-6-14(18(20)21)10-13(15)2/h3-10H,11H2,1-2H3,(H,20,21). The minimum Gasteiger partial charge on any atom is -0.478 e. The van der Waals surface area contributed by atoms with E-state index in [0.29, 0.717) is 5.56 Å². The van der Waals surface area contributed by atoms with E-state index in [-0.39, 0.29) is 0 Å². The van der Waals surface area contributed by atoms with Crippen LogP contribution in [-0.2, 0) is 6.54 Å². The number of rotatable bonds is 3. The van der Waals surface area contributed by atoms with Crippen LogP contribution in [0.1, 0.15) is 27.0 Å². The number of hydrogen-bond donors (Lipinski definition) is 1. The van der Waals surface area contributed by atoms with Crippen molar-refractivity contribution in [2.75, 3.05) is 0 Å². The zero-order valence-electron chi connectivity index (χ0n) is 12.1. The molecule has 0 atom stereocenters. The van der Waals surface area contributed by atoms with E-state index in [1.807, 2.05) is 13.0 Å². The van der Waals surface area contributed by atoms with Gasteiger partial charge in [-0.05, 0) is 54.8 Å². The van der Waals surface area contributed by atoms with Gasteiger partial charge in [0.15, 0.2) is 0 Å². The van der Waals surface area contributed by atoms with Crippen molar-refractivity contribution in [1.29, 1.82) is 0 Å². The second-order valence-corrected chi connectivity index (χ2v) is 5.40. The topological polar surface area (TPSA) is 42.2 Å². The van der Waals surface area contributed by atoms with Crippen LogP contribution in [0.3, 0.4) is 0 Å². The van der Waals surface area contributed by atoms with E-state index >= 15 is 0 Å². The number of aromatic nitrogens is 1. The second kappa shape index (κ2) is 5.09. The summed E-state index contributed by atoms with van der Waals surface area (Å²) in [7, 11) is 0. The van der Waals surface area contributed by atoms with Crippen LogP contribution < -0.4 is 0 Å². The van der Waals surface area contributed by atoms with E-state index in [1.54, 1.807) is 12.1 Å². The number of nitrogens with zero attached hydrogens (tertiary/aromatic N) is 1. The summed E-state index contributed by atoms with van der Waals surface area (Å²) in [6.45, 7) is 4.82. The zero-order chi connectivity index (χ0) is 15.0. The SMILES string of the molecule is Cc1cc(C(=O)O)ccc1Cn1ccc2c(C)cccc21. The molecule has 106 valence electrons. The third kappa shape index (κ3) is 2.42. The van der Waals surface area contributed by atoms with E-state index in [4.69, 9.17) is 5.11 Å². The Morgan fingerprint density at radius 1 is 1.10 bits per heavy atom. The highest BCUT2D eigenvalue weighted by molar-refractivity contribution is 5.88. The molecule has 2 aromatic carbocycles. The predicted molar refractivity (Wildman–Crippen MR) is 83.9 cm³/mol. The molecule has 0 amide bonds. The minimum atomic E-state index is -0.883. The van der Waals surface area contributed by atoms with Gasteiger partial charge in [0.05, 0.1) is 5.56 Å². The fourth-order valence-corrected chi connectivity index (χ4v) is 2.70. The fraction of sp³-hybridized carbons (Fsp3) is 0.167. The van der Waals surface area contributed by atoms with E-state index in [0.717, 1.165) is 17.7 Å². The van der Waals surface area contributed by atoms with Gasteiger partial charge in [-0.25, -0.2) is 4.79 Å². The van der Waals surface area contributed by atoms with Crippen LogP contribution >= 0.6 is 0 Å². The van der Waals surface area contributed by atoms with Crippen LogP contribution in [0.2, 0.25) is 0 Å². The first-order valence-corrected chi connectivity index (χ1v) is 6.93.